The van der Waals surface area contributed by atoms with Crippen molar-refractivity contribution >= 4 is 5.78 Å². The molecule has 0 aromatic heterocycles. The van der Waals surface area contributed by atoms with E-state index in [1.807, 2.05) is 18.2 Å². The molecule has 0 bridgehead atoms. The van der Waals surface area contributed by atoms with Crippen molar-refractivity contribution in [1.82, 2.24) is 0 Å². The van der Waals surface area contributed by atoms with Crippen LogP contribution in [-0.2, 0) is 9.53 Å². The van der Waals surface area contributed by atoms with Gasteiger partial charge in [0.2, 0.25) is 5.78 Å². The highest BCUT2D eigenvalue weighted by Gasteiger charge is 2.13. The smallest absolute Gasteiger partial charge is 0.219 e. The highest BCUT2D eigenvalue weighted by Crippen LogP contribution is 2.17. The molecule has 0 fully saturated rings. The Hall–Kier alpha value is -1.31. The van der Waals surface area contributed by atoms with E-state index in [9.17, 15) is 4.79 Å². The molecule has 1 aliphatic rings. The molecule has 0 aliphatic heterocycles. The third-order valence-electron chi connectivity index (χ3n) is 1.76. The number of carbonyl (C=O) groups is 1. The molecule has 0 spiro atoms. The van der Waals surface area contributed by atoms with Gasteiger partial charge in [-0.25, -0.2) is 0 Å². The van der Waals surface area contributed by atoms with Crippen molar-refractivity contribution in [2.24, 2.45) is 5.92 Å². The summed E-state index contributed by atoms with van der Waals surface area (Å²) in [5, 5.41) is 0. The standard InChI is InChI=1S/C10H12O2/c1-3-4-8-5-6-9(11)10(7-8)12-2/h3,5-8H,1,4H2,2H3. The van der Waals surface area contributed by atoms with Gasteiger partial charge in [-0.15, -0.1) is 6.58 Å². The molecule has 1 unspecified atom stereocenters. The molecule has 0 aromatic rings. The number of ether oxygens (including phenoxy) is 1. The van der Waals surface area contributed by atoms with Gasteiger partial charge in [0.1, 0.15) is 0 Å². The van der Waals surface area contributed by atoms with E-state index < -0.39 is 0 Å². The zero-order valence-electron chi connectivity index (χ0n) is 7.12. The molecular formula is C10H12O2. The van der Waals surface area contributed by atoms with Crippen LogP contribution in [0.25, 0.3) is 0 Å². The largest absolute Gasteiger partial charge is 0.493 e. The van der Waals surface area contributed by atoms with E-state index in [4.69, 9.17) is 4.74 Å². The van der Waals surface area contributed by atoms with Crippen LogP contribution in [0.5, 0.6) is 0 Å². The summed E-state index contributed by atoms with van der Waals surface area (Å²) < 4.78 is 4.91. The third-order valence-corrected chi connectivity index (χ3v) is 1.76. The van der Waals surface area contributed by atoms with Crippen molar-refractivity contribution in [3.8, 4) is 0 Å². The zero-order valence-corrected chi connectivity index (χ0v) is 7.12. The lowest BCUT2D eigenvalue weighted by atomic mass is 9.98. The lowest BCUT2D eigenvalue weighted by molar-refractivity contribution is -0.114. The highest BCUT2D eigenvalue weighted by molar-refractivity contribution is 6.03. The summed E-state index contributed by atoms with van der Waals surface area (Å²) in [6.07, 6.45) is 7.91. The molecule has 0 amide bonds. The maximum absolute atomic E-state index is 11.1. The summed E-state index contributed by atoms with van der Waals surface area (Å²) in [7, 11) is 1.51. The first-order valence-corrected chi connectivity index (χ1v) is 3.87. The first kappa shape index (κ1) is 8.78. The molecule has 1 rings (SSSR count). The molecule has 0 saturated carbocycles. The number of rotatable bonds is 3. The van der Waals surface area contributed by atoms with Crippen LogP contribution >= 0.6 is 0 Å². The molecule has 12 heavy (non-hydrogen) atoms. The van der Waals surface area contributed by atoms with Crippen LogP contribution in [0.2, 0.25) is 0 Å². The van der Waals surface area contributed by atoms with Gasteiger partial charge in [0.15, 0.2) is 5.76 Å². The number of ketones is 1. The fourth-order valence-electron chi connectivity index (χ4n) is 1.13. The molecule has 1 aliphatic carbocycles. The first-order chi connectivity index (χ1) is 5.77. The summed E-state index contributed by atoms with van der Waals surface area (Å²) in [6.45, 7) is 3.64. The van der Waals surface area contributed by atoms with Crippen LogP contribution in [0.3, 0.4) is 0 Å². The fourth-order valence-corrected chi connectivity index (χ4v) is 1.13. The van der Waals surface area contributed by atoms with Crippen LogP contribution in [0.4, 0.5) is 0 Å². The van der Waals surface area contributed by atoms with E-state index in [-0.39, 0.29) is 11.7 Å². The van der Waals surface area contributed by atoms with Gasteiger partial charge >= 0.3 is 0 Å². The van der Waals surface area contributed by atoms with Crippen molar-refractivity contribution < 1.29 is 9.53 Å². The molecule has 0 N–H and O–H groups in total. The molecule has 0 heterocycles. The van der Waals surface area contributed by atoms with Crippen molar-refractivity contribution in [1.29, 1.82) is 0 Å². The van der Waals surface area contributed by atoms with Gasteiger partial charge in [0.25, 0.3) is 0 Å². The van der Waals surface area contributed by atoms with E-state index in [2.05, 4.69) is 6.58 Å². The van der Waals surface area contributed by atoms with Crippen molar-refractivity contribution in [3.63, 3.8) is 0 Å². The van der Waals surface area contributed by atoms with Gasteiger partial charge in [0.05, 0.1) is 7.11 Å². The number of hydrogen-bond acceptors (Lipinski definition) is 2. The molecular weight excluding hydrogens is 152 g/mol. The van der Waals surface area contributed by atoms with Gasteiger partial charge in [-0.3, -0.25) is 4.79 Å². The first-order valence-electron chi connectivity index (χ1n) is 3.87. The lowest BCUT2D eigenvalue weighted by Crippen LogP contribution is -2.08. The summed E-state index contributed by atoms with van der Waals surface area (Å²) in [4.78, 5) is 11.1. The van der Waals surface area contributed by atoms with E-state index in [0.717, 1.165) is 6.42 Å². The second-order valence-electron chi connectivity index (χ2n) is 2.65. The molecule has 0 saturated heterocycles. The Morgan fingerprint density at radius 3 is 3.08 bits per heavy atom. The molecule has 2 heteroatoms. The van der Waals surface area contributed by atoms with Crippen LogP contribution in [0.15, 0.2) is 36.6 Å². The number of allylic oxidation sites excluding steroid dienone is 4. The summed E-state index contributed by atoms with van der Waals surface area (Å²) in [6, 6.07) is 0. The Morgan fingerprint density at radius 1 is 1.75 bits per heavy atom. The van der Waals surface area contributed by atoms with E-state index in [1.54, 1.807) is 6.08 Å². The molecule has 64 valence electrons. The second-order valence-corrected chi connectivity index (χ2v) is 2.65. The number of hydrogen-bond donors (Lipinski definition) is 0. The molecule has 2 nitrogen and oxygen atoms in total. The minimum absolute atomic E-state index is 0.0576. The van der Waals surface area contributed by atoms with Crippen molar-refractivity contribution in [3.05, 3.63) is 36.6 Å². The highest BCUT2D eigenvalue weighted by atomic mass is 16.5. The topological polar surface area (TPSA) is 26.3 Å². The van der Waals surface area contributed by atoms with Gasteiger partial charge in [0, 0.05) is 5.92 Å². The quantitative estimate of drug-likeness (QED) is 0.595. The van der Waals surface area contributed by atoms with Gasteiger partial charge < -0.3 is 4.74 Å². The lowest BCUT2D eigenvalue weighted by Gasteiger charge is -2.11. The van der Waals surface area contributed by atoms with E-state index in [1.165, 1.54) is 7.11 Å². The average Bonchev–Trinajstić information content (AvgIpc) is 2.09. The fraction of sp³-hybridized carbons (Fsp3) is 0.300. The molecule has 0 radical (unpaired) electrons. The Morgan fingerprint density at radius 2 is 2.50 bits per heavy atom. The zero-order chi connectivity index (χ0) is 8.97. The average molecular weight is 164 g/mol. The summed E-state index contributed by atoms with van der Waals surface area (Å²) in [5.41, 5.74) is 0. The third kappa shape index (κ3) is 1.84. The molecule has 0 aromatic carbocycles. The van der Waals surface area contributed by atoms with Crippen molar-refractivity contribution in [2.75, 3.05) is 7.11 Å². The SMILES string of the molecule is C=CCC1C=CC(=O)C(OC)=C1. The van der Waals surface area contributed by atoms with E-state index >= 15 is 0 Å². The monoisotopic (exact) mass is 164 g/mol. The summed E-state index contributed by atoms with van der Waals surface area (Å²) in [5.74, 6) is 0.636. The molecule has 1 atom stereocenters. The van der Waals surface area contributed by atoms with Crippen LogP contribution < -0.4 is 0 Å². The minimum Gasteiger partial charge on any atom is -0.493 e. The van der Waals surface area contributed by atoms with Crippen LogP contribution in [0.1, 0.15) is 6.42 Å². The minimum atomic E-state index is -0.0576. The maximum atomic E-state index is 11.1. The predicted octanol–water partition coefficient (Wildman–Crippen LogP) is 1.85. The predicted molar refractivity (Wildman–Crippen MR) is 47.5 cm³/mol. The van der Waals surface area contributed by atoms with Crippen LogP contribution in [-0.4, -0.2) is 12.9 Å². The Balaban J connectivity index is 2.71. The number of carbonyl (C=O) groups excluding carboxylic acids is 1. The van der Waals surface area contributed by atoms with Crippen LogP contribution in [0, 0.1) is 5.92 Å². The maximum Gasteiger partial charge on any atom is 0.219 e. The number of methoxy groups -OCH3 is 1. The van der Waals surface area contributed by atoms with Gasteiger partial charge in [-0.05, 0) is 18.6 Å². The Bertz CT molecular complexity index is 249. The Labute approximate surface area is 72.2 Å². The van der Waals surface area contributed by atoms with Gasteiger partial charge in [-0.2, -0.15) is 0 Å². The van der Waals surface area contributed by atoms with Crippen molar-refractivity contribution in [2.45, 2.75) is 6.42 Å². The Kier molecular flexibility index (Phi) is 2.86. The second kappa shape index (κ2) is 3.90. The normalized spacial score (nSPS) is 21.9. The van der Waals surface area contributed by atoms with E-state index in [0.29, 0.717) is 5.76 Å². The van der Waals surface area contributed by atoms with Gasteiger partial charge in [-0.1, -0.05) is 12.2 Å². The summed E-state index contributed by atoms with van der Waals surface area (Å²) >= 11 is 0.